The number of benzene rings is 1. The lowest BCUT2D eigenvalue weighted by Gasteiger charge is -2.22. The van der Waals surface area contributed by atoms with Crippen LogP contribution in [-0.4, -0.2) is 23.6 Å². The van der Waals surface area contributed by atoms with E-state index in [-0.39, 0.29) is 12.2 Å². The van der Waals surface area contributed by atoms with E-state index in [1.165, 1.54) is 24.3 Å². The van der Waals surface area contributed by atoms with Crippen LogP contribution in [0.5, 0.6) is 0 Å². The number of carbonyl (C=O) groups excluding carboxylic acids is 2. The van der Waals surface area contributed by atoms with Gasteiger partial charge in [-0.05, 0) is 38.5 Å². The van der Waals surface area contributed by atoms with Crippen molar-refractivity contribution in [2.24, 2.45) is 5.73 Å². The number of hydrogen-bond acceptors (Lipinski definition) is 3. The first-order valence-electron chi connectivity index (χ1n) is 6.20. The third kappa shape index (κ3) is 5.69. The van der Waals surface area contributed by atoms with E-state index in [1.807, 2.05) is 0 Å². The smallest absolute Gasteiger partial charge is 0.408 e. The first-order chi connectivity index (χ1) is 9.17. The molecule has 1 aromatic rings. The van der Waals surface area contributed by atoms with Crippen LogP contribution in [0, 0.1) is 5.82 Å². The van der Waals surface area contributed by atoms with Gasteiger partial charge in [0.2, 0.25) is 5.91 Å². The summed E-state index contributed by atoms with van der Waals surface area (Å²) in [5, 5.41) is 2.41. The topological polar surface area (TPSA) is 81.4 Å². The molecular weight excluding hydrogens is 263 g/mol. The quantitative estimate of drug-likeness (QED) is 0.882. The summed E-state index contributed by atoms with van der Waals surface area (Å²) in [5.41, 5.74) is 5.27. The van der Waals surface area contributed by atoms with Crippen molar-refractivity contribution in [1.82, 2.24) is 5.32 Å². The molecule has 2 amide bonds. The van der Waals surface area contributed by atoms with Crippen LogP contribution in [0.1, 0.15) is 26.3 Å². The summed E-state index contributed by atoms with van der Waals surface area (Å²) in [6, 6.07) is 4.71. The van der Waals surface area contributed by atoms with Crippen molar-refractivity contribution in [3.8, 4) is 0 Å². The number of hydrogen-bond donors (Lipinski definition) is 2. The highest BCUT2D eigenvalue weighted by atomic mass is 19.1. The van der Waals surface area contributed by atoms with Crippen molar-refractivity contribution < 1.29 is 18.7 Å². The Balaban J connectivity index is 2.68. The number of ether oxygens (including phenoxy) is 1. The zero-order valence-electron chi connectivity index (χ0n) is 11.8. The Morgan fingerprint density at radius 2 is 1.85 bits per heavy atom. The van der Waals surface area contributed by atoms with Gasteiger partial charge in [-0.15, -0.1) is 0 Å². The molecule has 3 N–H and O–H groups in total. The molecule has 0 aliphatic heterocycles. The summed E-state index contributed by atoms with van der Waals surface area (Å²) in [5.74, 6) is -1.05. The summed E-state index contributed by atoms with van der Waals surface area (Å²) in [6.07, 6.45) is -0.544. The van der Waals surface area contributed by atoms with Gasteiger partial charge in [0.15, 0.2) is 0 Å². The molecule has 0 aliphatic rings. The van der Waals surface area contributed by atoms with E-state index in [1.54, 1.807) is 20.8 Å². The Hall–Kier alpha value is -2.11. The maximum Gasteiger partial charge on any atom is 0.408 e. The molecule has 1 rings (SSSR count). The second kappa shape index (κ2) is 6.36. The minimum atomic E-state index is -0.907. The second-order valence-electron chi connectivity index (χ2n) is 5.43. The van der Waals surface area contributed by atoms with Crippen LogP contribution in [0.25, 0.3) is 0 Å². The average Bonchev–Trinajstić information content (AvgIpc) is 2.28. The zero-order chi connectivity index (χ0) is 15.3. The highest BCUT2D eigenvalue weighted by Crippen LogP contribution is 2.09. The van der Waals surface area contributed by atoms with Crippen LogP contribution >= 0.6 is 0 Å². The van der Waals surface area contributed by atoms with Crippen molar-refractivity contribution in [3.05, 3.63) is 35.6 Å². The molecule has 0 saturated heterocycles. The Bertz CT molecular complexity index is 480. The number of nitrogens with two attached hydrogens (primary N) is 1. The van der Waals surface area contributed by atoms with Crippen molar-refractivity contribution in [3.63, 3.8) is 0 Å². The minimum Gasteiger partial charge on any atom is -0.444 e. The normalized spacial score (nSPS) is 12.6. The maximum absolute atomic E-state index is 12.8. The van der Waals surface area contributed by atoms with E-state index in [0.29, 0.717) is 5.56 Å². The molecule has 1 aromatic carbocycles. The first kappa shape index (κ1) is 15.9. The Labute approximate surface area is 117 Å². The van der Waals surface area contributed by atoms with E-state index in [0.717, 1.165) is 0 Å². The number of amides is 2. The highest BCUT2D eigenvalue weighted by molar-refractivity contribution is 5.84. The van der Waals surface area contributed by atoms with Gasteiger partial charge < -0.3 is 15.8 Å². The van der Waals surface area contributed by atoms with Gasteiger partial charge in [-0.1, -0.05) is 12.1 Å². The lowest BCUT2D eigenvalue weighted by Crippen LogP contribution is -2.47. The summed E-state index contributed by atoms with van der Waals surface area (Å²) in [7, 11) is 0. The molecule has 1 atom stereocenters. The fourth-order valence-electron chi connectivity index (χ4n) is 1.53. The molecule has 0 heterocycles. The third-order valence-corrected chi connectivity index (χ3v) is 2.39. The lowest BCUT2D eigenvalue weighted by molar-refractivity contribution is -0.120. The highest BCUT2D eigenvalue weighted by Gasteiger charge is 2.22. The number of halogens is 1. The van der Waals surface area contributed by atoms with Gasteiger partial charge >= 0.3 is 6.09 Å². The second-order valence-corrected chi connectivity index (χ2v) is 5.43. The fraction of sp³-hybridized carbons (Fsp3) is 0.429. The molecule has 6 heteroatoms. The van der Waals surface area contributed by atoms with E-state index in [4.69, 9.17) is 10.5 Å². The van der Waals surface area contributed by atoms with E-state index in [9.17, 15) is 14.0 Å². The van der Waals surface area contributed by atoms with Crippen molar-refractivity contribution >= 4 is 12.0 Å². The maximum atomic E-state index is 12.8. The fourth-order valence-corrected chi connectivity index (χ4v) is 1.53. The molecule has 0 aliphatic carbocycles. The van der Waals surface area contributed by atoms with Crippen LogP contribution in [0.2, 0.25) is 0 Å². The van der Waals surface area contributed by atoms with Crippen LogP contribution in [0.15, 0.2) is 24.3 Å². The molecule has 0 spiro atoms. The summed E-state index contributed by atoms with van der Waals surface area (Å²) in [4.78, 5) is 23.0. The Morgan fingerprint density at radius 1 is 1.30 bits per heavy atom. The minimum absolute atomic E-state index is 0.175. The molecule has 110 valence electrons. The third-order valence-electron chi connectivity index (χ3n) is 2.39. The van der Waals surface area contributed by atoms with Crippen molar-refractivity contribution in [2.75, 3.05) is 0 Å². The molecule has 1 unspecified atom stereocenters. The van der Waals surface area contributed by atoms with Gasteiger partial charge in [0.1, 0.15) is 17.5 Å². The van der Waals surface area contributed by atoms with E-state index < -0.39 is 23.6 Å². The largest absolute Gasteiger partial charge is 0.444 e. The molecule has 0 radical (unpaired) electrons. The Kier molecular flexibility index (Phi) is 5.07. The van der Waals surface area contributed by atoms with Gasteiger partial charge in [0, 0.05) is 6.42 Å². The first-order valence-corrected chi connectivity index (χ1v) is 6.20. The monoisotopic (exact) mass is 282 g/mol. The molecule has 0 aromatic heterocycles. The standard InChI is InChI=1S/C14H19FN2O3/c1-14(2,3)20-13(19)17-11(12(16)18)8-9-4-6-10(15)7-5-9/h4-7,11H,8H2,1-3H3,(H2,16,18)(H,17,19). The molecular formula is C14H19FN2O3. The summed E-state index contributed by atoms with van der Waals surface area (Å²) in [6.45, 7) is 5.14. The summed E-state index contributed by atoms with van der Waals surface area (Å²) >= 11 is 0. The lowest BCUT2D eigenvalue weighted by atomic mass is 10.1. The van der Waals surface area contributed by atoms with Crippen molar-refractivity contribution in [2.45, 2.75) is 38.8 Å². The number of alkyl carbamates (subject to hydrolysis) is 1. The number of nitrogens with one attached hydrogen (secondary N) is 1. The van der Waals surface area contributed by atoms with Crippen LogP contribution in [0.3, 0.4) is 0 Å². The predicted molar refractivity (Wildman–Crippen MR) is 72.5 cm³/mol. The van der Waals surface area contributed by atoms with Gasteiger partial charge in [-0.25, -0.2) is 9.18 Å². The molecule has 5 nitrogen and oxygen atoms in total. The van der Waals surface area contributed by atoms with Gasteiger partial charge in [0.05, 0.1) is 0 Å². The molecule has 0 saturated carbocycles. The zero-order valence-corrected chi connectivity index (χ0v) is 11.8. The predicted octanol–water partition coefficient (Wildman–Crippen LogP) is 1.75. The number of primary amides is 1. The van der Waals surface area contributed by atoms with Crippen LogP contribution in [0.4, 0.5) is 9.18 Å². The molecule has 20 heavy (non-hydrogen) atoms. The van der Waals surface area contributed by atoms with Crippen LogP contribution < -0.4 is 11.1 Å². The SMILES string of the molecule is CC(C)(C)OC(=O)NC(Cc1ccc(F)cc1)C(N)=O. The number of rotatable bonds is 4. The molecule has 0 bridgehead atoms. The Morgan fingerprint density at radius 3 is 2.30 bits per heavy atom. The summed E-state index contributed by atoms with van der Waals surface area (Å²) < 4.78 is 17.9. The average molecular weight is 282 g/mol. The van der Waals surface area contributed by atoms with Gasteiger partial charge in [-0.2, -0.15) is 0 Å². The van der Waals surface area contributed by atoms with E-state index >= 15 is 0 Å². The van der Waals surface area contributed by atoms with Gasteiger partial charge in [-0.3, -0.25) is 4.79 Å². The number of carbonyl (C=O) groups is 2. The van der Waals surface area contributed by atoms with E-state index in [2.05, 4.69) is 5.32 Å². The van der Waals surface area contributed by atoms with Crippen LogP contribution in [-0.2, 0) is 16.0 Å². The molecule has 0 fully saturated rings. The van der Waals surface area contributed by atoms with Crippen molar-refractivity contribution in [1.29, 1.82) is 0 Å². The van der Waals surface area contributed by atoms with Gasteiger partial charge in [0.25, 0.3) is 0 Å².